The summed E-state index contributed by atoms with van der Waals surface area (Å²) in [6.45, 7) is 4.95. The van der Waals surface area contributed by atoms with E-state index in [1.165, 1.54) is 6.26 Å². The molecule has 0 atom stereocenters. The van der Waals surface area contributed by atoms with Crippen molar-refractivity contribution >= 4 is 21.7 Å². The number of rotatable bonds is 6. The number of nitrogens with one attached hydrogen (secondary N) is 1. The van der Waals surface area contributed by atoms with Crippen molar-refractivity contribution in [1.29, 1.82) is 0 Å². The van der Waals surface area contributed by atoms with Gasteiger partial charge in [-0.1, -0.05) is 26.0 Å². The average Bonchev–Trinajstić information content (AvgIpc) is 2.84. The predicted molar refractivity (Wildman–Crippen MR) is 90.0 cm³/mol. The molecule has 0 unspecified atom stereocenters. The maximum atomic E-state index is 12.3. The highest BCUT2D eigenvalue weighted by Crippen LogP contribution is 2.12. The number of hydrogen-bond acceptors (Lipinski definition) is 4. The lowest BCUT2D eigenvalue weighted by Gasteiger charge is -2.11. The van der Waals surface area contributed by atoms with Crippen LogP contribution in [-0.4, -0.2) is 30.1 Å². The summed E-state index contributed by atoms with van der Waals surface area (Å²) in [6, 6.07) is 6.53. The summed E-state index contributed by atoms with van der Waals surface area (Å²) in [4.78, 5) is 16.4. The second-order valence-corrected chi connectivity index (χ2v) is 8.16. The lowest BCUT2D eigenvalue weighted by Crippen LogP contribution is -2.17. The fourth-order valence-corrected chi connectivity index (χ4v) is 3.00. The molecule has 7 heteroatoms. The van der Waals surface area contributed by atoms with Crippen molar-refractivity contribution in [2.24, 2.45) is 5.92 Å². The third-order valence-corrected chi connectivity index (χ3v) is 4.01. The molecule has 1 aromatic heterocycles. The first-order valence-corrected chi connectivity index (χ1v) is 9.40. The first-order chi connectivity index (χ1) is 10.7. The van der Waals surface area contributed by atoms with Crippen LogP contribution in [0, 0.1) is 5.92 Å². The number of imidazole rings is 1. The van der Waals surface area contributed by atoms with Crippen LogP contribution in [0.15, 0.2) is 36.7 Å². The number of benzene rings is 1. The van der Waals surface area contributed by atoms with Crippen molar-refractivity contribution in [1.82, 2.24) is 9.55 Å². The first kappa shape index (κ1) is 17.2. The van der Waals surface area contributed by atoms with Crippen LogP contribution >= 0.6 is 0 Å². The SMILES string of the molecule is CC(C)Cn1ccnc1NC(=O)c1ccc(CS(C)(=O)=O)cc1. The van der Waals surface area contributed by atoms with Gasteiger partial charge in [0.1, 0.15) is 0 Å². The van der Waals surface area contributed by atoms with E-state index < -0.39 is 9.84 Å². The molecule has 0 saturated heterocycles. The summed E-state index contributed by atoms with van der Waals surface area (Å²) in [5.41, 5.74) is 1.12. The molecule has 23 heavy (non-hydrogen) atoms. The average molecular weight is 335 g/mol. The molecule has 0 aliphatic rings. The first-order valence-electron chi connectivity index (χ1n) is 7.34. The molecular formula is C16H21N3O3S. The van der Waals surface area contributed by atoms with Gasteiger partial charge in [-0.3, -0.25) is 10.1 Å². The van der Waals surface area contributed by atoms with Gasteiger partial charge in [-0.15, -0.1) is 0 Å². The van der Waals surface area contributed by atoms with Gasteiger partial charge in [-0.2, -0.15) is 0 Å². The van der Waals surface area contributed by atoms with E-state index in [9.17, 15) is 13.2 Å². The second kappa shape index (κ2) is 6.95. The van der Waals surface area contributed by atoms with Crippen LogP contribution in [0.25, 0.3) is 0 Å². The van der Waals surface area contributed by atoms with Gasteiger partial charge in [0, 0.05) is 30.8 Å². The maximum absolute atomic E-state index is 12.3. The van der Waals surface area contributed by atoms with Crippen LogP contribution in [-0.2, 0) is 22.1 Å². The van der Waals surface area contributed by atoms with Gasteiger partial charge in [-0.25, -0.2) is 13.4 Å². The van der Waals surface area contributed by atoms with Gasteiger partial charge in [-0.05, 0) is 23.6 Å². The Morgan fingerprint density at radius 2 is 1.91 bits per heavy atom. The molecule has 0 saturated carbocycles. The number of sulfone groups is 1. The number of anilines is 1. The molecule has 0 aliphatic heterocycles. The molecule has 0 bridgehead atoms. The third-order valence-electron chi connectivity index (χ3n) is 3.15. The topological polar surface area (TPSA) is 81.1 Å². The Kier molecular flexibility index (Phi) is 5.20. The summed E-state index contributed by atoms with van der Waals surface area (Å²) >= 11 is 0. The summed E-state index contributed by atoms with van der Waals surface area (Å²) in [5.74, 6) is 0.638. The zero-order valence-corrected chi connectivity index (χ0v) is 14.3. The third kappa shape index (κ3) is 5.21. The van der Waals surface area contributed by atoms with Gasteiger partial charge in [0.15, 0.2) is 9.84 Å². The Morgan fingerprint density at radius 3 is 2.48 bits per heavy atom. The van der Waals surface area contributed by atoms with Crippen molar-refractivity contribution in [3.05, 3.63) is 47.8 Å². The zero-order chi connectivity index (χ0) is 17.0. The molecule has 0 aliphatic carbocycles. The standard InChI is InChI=1S/C16H21N3O3S/c1-12(2)10-19-9-8-17-16(19)18-15(20)14-6-4-13(5-7-14)11-23(3,21)22/h4-9,12H,10-11H2,1-3H3,(H,17,18,20). The Labute approximate surface area is 136 Å². The highest BCUT2D eigenvalue weighted by atomic mass is 32.2. The number of carbonyl (C=O) groups is 1. The van der Waals surface area contributed by atoms with Gasteiger partial charge >= 0.3 is 0 Å². The molecule has 0 radical (unpaired) electrons. The number of aromatic nitrogens is 2. The molecule has 124 valence electrons. The van der Waals surface area contributed by atoms with Crippen LogP contribution < -0.4 is 5.32 Å². The fourth-order valence-electron chi connectivity index (χ4n) is 2.20. The number of carbonyl (C=O) groups excluding carboxylic acids is 1. The quantitative estimate of drug-likeness (QED) is 0.878. The van der Waals surface area contributed by atoms with Gasteiger partial charge < -0.3 is 4.57 Å². The van der Waals surface area contributed by atoms with Crippen LogP contribution in [0.4, 0.5) is 5.95 Å². The zero-order valence-electron chi connectivity index (χ0n) is 13.5. The Morgan fingerprint density at radius 1 is 1.26 bits per heavy atom. The maximum Gasteiger partial charge on any atom is 0.257 e. The predicted octanol–water partition coefficient (Wildman–Crippen LogP) is 2.34. The van der Waals surface area contributed by atoms with E-state index in [1.54, 1.807) is 30.5 Å². The minimum absolute atomic E-state index is 0.0340. The molecule has 2 aromatic rings. The lowest BCUT2D eigenvalue weighted by molar-refractivity contribution is 0.102. The number of amides is 1. The highest BCUT2D eigenvalue weighted by Gasteiger charge is 2.11. The van der Waals surface area contributed by atoms with E-state index in [4.69, 9.17) is 0 Å². The van der Waals surface area contributed by atoms with Crippen molar-refractivity contribution in [3.63, 3.8) is 0 Å². The van der Waals surface area contributed by atoms with E-state index in [1.807, 2.05) is 10.8 Å². The molecule has 2 rings (SSSR count). The van der Waals surface area contributed by atoms with Crippen molar-refractivity contribution in [3.8, 4) is 0 Å². The molecular weight excluding hydrogens is 314 g/mol. The molecule has 1 amide bonds. The largest absolute Gasteiger partial charge is 0.317 e. The monoisotopic (exact) mass is 335 g/mol. The van der Waals surface area contributed by atoms with E-state index in [2.05, 4.69) is 24.1 Å². The number of nitrogens with zero attached hydrogens (tertiary/aromatic N) is 2. The summed E-state index contributed by atoms with van der Waals surface area (Å²) in [7, 11) is -3.08. The molecule has 6 nitrogen and oxygen atoms in total. The smallest absolute Gasteiger partial charge is 0.257 e. The van der Waals surface area contributed by atoms with Crippen LogP contribution in [0.1, 0.15) is 29.8 Å². The van der Waals surface area contributed by atoms with E-state index in [0.29, 0.717) is 23.0 Å². The van der Waals surface area contributed by atoms with Crippen LogP contribution in [0.2, 0.25) is 0 Å². The molecule has 0 fully saturated rings. The molecule has 1 aromatic carbocycles. The minimum Gasteiger partial charge on any atom is -0.317 e. The number of hydrogen-bond donors (Lipinski definition) is 1. The summed E-state index contributed by atoms with van der Waals surface area (Å²) in [5, 5.41) is 2.77. The van der Waals surface area contributed by atoms with Crippen molar-refractivity contribution in [2.75, 3.05) is 11.6 Å². The summed E-state index contributed by atoms with van der Waals surface area (Å²) < 4.78 is 24.4. The van der Waals surface area contributed by atoms with E-state index in [0.717, 1.165) is 6.54 Å². The van der Waals surface area contributed by atoms with Crippen molar-refractivity contribution in [2.45, 2.75) is 26.1 Å². The van der Waals surface area contributed by atoms with Crippen LogP contribution in [0.5, 0.6) is 0 Å². The van der Waals surface area contributed by atoms with Gasteiger partial charge in [0.2, 0.25) is 5.95 Å². The Bertz CT molecular complexity index is 777. The van der Waals surface area contributed by atoms with E-state index in [-0.39, 0.29) is 11.7 Å². The molecule has 1 heterocycles. The Balaban J connectivity index is 2.08. The van der Waals surface area contributed by atoms with Gasteiger partial charge in [0.25, 0.3) is 5.91 Å². The minimum atomic E-state index is -3.08. The normalized spacial score (nSPS) is 11.7. The van der Waals surface area contributed by atoms with Gasteiger partial charge in [0.05, 0.1) is 5.75 Å². The Hall–Kier alpha value is -2.15. The molecule has 1 N–H and O–H groups in total. The van der Waals surface area contributed by atoms with Crippen molar-refractivity contribution < 1.29 is 13.2 Å². The van der Waals surface area contributed by atoms with E-state index >= 15 is 0 Å². The molecule has 0 spiro atoms. The summed E-state index contributed by atoms with van der Waals surface area (Å²) in [6.07, 6.45) is 4.65. The lowest BCUT2D eigenvalue weighted by atomic mass is 10.1. The second-order valence-electron chi connectivity index (χ2n) is 6.02. The van der Waals surface area contributed by atoms with Crippen LogP contribution in [0.3, 0.4) is 0 Å². The fraction of sp³-hybridized carbons (Fsp3) is 0.375. The highest BCUT2D eigenvalue weighted by molar-refractivity contribution is 7.89.